The van der Waals surface area contributed by atoms with Crippen molar-refractivity contribution >= 4 is 11.6 Å². The summed E-state index contributed by atoms with van der Waals surface area (Å²) in [6, 6.07) is 12.0. The van der Waals surface area contributed by atoms with E-state index in [2.05, 4.69) is 5.32 Å². The lowest BCUT2D eigenvalue weighted by molar-refractivity contribution is 0.100. The zero-order chi connectivity index (χ0) is 13.7. The Balaban J connectivity index is 1.91. The van der Waals surface area contributed by atoms with Crippen molar-refractivity contribution < 1.29 is 4.79 Å². The fraction of sp³-hybridized carbons (Fsp3) is 0.143. The van der Waals surface area contributed by atoms with Gasteiger partial charge in [-0.25, -0.2) is 0 Å². The van der Waals surface area contributed by atoms with E-state index in [1.807, 2.05) is 6.07 Å². The van der Waals surface area contributed by atoms with Crippen molar-refractivity contribution in [1.82, 2.24) is 4.57 Å². The summed E-state index contributed by atoms with van der Waals surface area (Å²) in [7, 11) is 0. The second-order valence-electron chi connectivity index (χ2n) is 4.10. The number of hydrogen-bond donors (Lipinski definition) is 2. The third kappa shape index (κ3) is 3.45. The summed E-state index contributed by atoms with van der Waals surface area (Å²) in [4.78, 5) is 22.4. The maximum absolute atomic E-state index is 11.5. The number of amides is 1. The van der Waals surface area contributed by atoms with Crippen LogP contribution in [0.4, 0.5) is 5.69 Å². The van der Waals surface area contributed by atoms with E-state index in [9.17, 15) is 9.59 Å². The second kappa shape index (κ2) is 5.86. The molecular weight excluding hydrogens is 242 g/mol. The lowest BCUT2D eigenvalue weighted by Crippen LogP contribution is -2.22. The summed E-state index contributed by atoms with van der Waals surface area (Å²) in [5.41, 5.74) is 6.50. The molecule has 2 aromatic rings. The van der Waals surface area contributed by atoms with Crippen LogP contribution in [-0.4, -0.2) is 17.0 Å². The van der Waals surface area contributed by atoms with E-state index in [0.717, 1.165) is 5.69 Å². The molecule has 3 N–H and O–H groups in total. The summed E-state index contributed by atoms with van der Waals surface area (Å²) < 4.78 is 1.63. The van der Waals surface area contributed by atoms with Gasteiger partial charge in [-0.3, -0.25) is 9.59 Å². The summed E-state index contributed by atoms with van der Waals surface area (Å²) in [5.74, 6) is -0.442. The largest absolute Gasteiger partial charge is 0.383 e. The first-order valence-corrected chi connectivity index (χ1v) is 5.96. The van der Waals surface area contributed by atoms with Crippen molar-refractivity contribution in [3.63, 3.8) is 0 Å². The van der Waals surface area contributed by atoms with E-state index in [4.69, 9.17) is 5.73 Å². The summed E-state index contributed by atoms with van der Waals surface area (Å²) in [5, 5.41) is 3.17. The van der Waals surface area contributed by atoms with E-state index < -0.39 is 5.91 Å². The molecule has 0 radical (unpaired) electrons. The third-order valence-corrected chi connectivity index (χ3v) is 2.75. The average molecular weight is 257 g/mol. The minimum atomic E-state index is -0.442. The van der Waals surface area contributed by atoms with Crippen LogP contribution in [0.5, 0.6) is 0 Å². The Hall–Kier alpha value is -2.56. The van der Waals surface area contributed by atoms with E-state index in [0.29, 0.717) is 18.7 Å². The van der Waals surface area contributed by atoms with Gasteiger partial charge in [-0.15, -0.1) is 0 Å². The number of nitrogens with zero attached hydrogens (tertiary/aromatic N) is 1. The topological polar surface area (TPSA) is 77.1 Å². The van der Waals surface area contributed by atoms with Crippen LogP contribution in [-0.2, 0) is 6.54 Å². The first-order chi connectivity index (χ1) is 9.16. The lowest BCUT2D eigenvalue weighted by Gasteiger charge is -2.08. The van der Waals surface area contributed by atoms with E-state index >= 15 is 0 Å². The standard InChI is InChI=1S/C14H15N3O2/c15-14(19)11-4-6-12(7-5-11)16-8-10-17-9-2-1-3-13(17)18/h1-7,9,16H,8,10H2,(H2,15,19). The predicted octanol–water partition coefficient (Wildman–Crippen LogP) is 1.06. The van der Waals surface area contributed by atoms with E-state index in [1.165, 1.54) is 6.07 Å². The average Bonchev–Trinajstić information content (AvgIpc) is 2.41. The predicted molar refractivity (Wildman–Crippen MR) is 74.2 cm³/mol. The van der Waals surface area contributed by atoms with Gasteiger partial charge in [0.2, 0.25) is 5.91 Å². The molecule has 0 fully saturated rings. The molecule has 0 unspecified atom stereocenters. The highest BCUT2D eigenvalue weighted by molar-refractivity contribution is 5.93. The van der Waals surface area contributed by atoms with Gasteiger partial charge in [-0.1, -0.05) is 6.07 Å². The van der Waals surface area contributed by atoms with Crippen LogP contribution in [0.15, 0.2) is 53.5 Å². The number of nitrogens with two attached hydrogens (primary N) is 1. The van der Waals surface area contributed by atoms with Crippen LogP contribution >= 0.6 is 0 Å². The van der Waals surface area contributed by atoms with Crippen molar-refractivity contribution in [2.75, 3.05) is 11.9 Å². The van der Waals surface area contributed by atoms with Gasteiger partial charge >= 0.3 is 0 Å². The van der Waals surface area contributed by atoms with Gasteiger partial charge < -0.3 is 15.6 Å². The molecule has 0 atom stereocenters. The number of pyridine rings is 1. The Labute approximate surface area is 110 Å². The zero-order valence-electron chi connectivity index (χ0n) is 10.4. The smallest absolute Gasteiger partial charge is 0.250 e. The van der Waals surface area contributed by atoms with Gasteiger partial charge in [0.15, 0.2) is 0 Å². The van der Waals surface area contributed by atoms with Crippen molar-refractivity contribution in [2.45, 2.75) is 6.54 Å². The van der Waals surface area contributed by atoms with Gasteiger partial charge in [0, 0.05) is 36.6 Å². The molecule has 0 aliphatic heterocycles. The molecule has 5 nitrogen and oxygen atoms in total. The van der Waals surface area contributed by atoms with Gasteiger partial charge in [-0.2, -0.15) is 0 Å². The summed E-state index contributed by atoms with van der Waals surface area (Å²) >= 11 is 0. The highest BCUT2D eigenvalue weighted by Crippen LogP contribution is 2.08. The Morgan fingerprint density at radius 1 is 1.16 bits per heavy atom. The molecular formula is C14H15N3O2. The Morgan fingerprint density at radius 2 is 1.89 bits per heavy atom. The van der Waals surface area contributed by atoms with Crippen molar-refractivity contribution in [3.05, 3.63) is 64.6 Å². The Bertz CT molecular complexity index is 617. The molecule has 0 aliphatic carbocycles. The molecule has 0 bridgehead atoms. The van der Waals surface area contributed by atoms with Crippen LogP contribution in [0.1, 0.15) is 10.4 Å². The van der Waals surface area contributed by atoms with Crippen LogP contribution in [0.2, 0.25) is 0 Å². The highest BCUT2D eigenvalue weighted by Gasteiger charge is 1.99. The third-order valence-electron chi connectivity index (χ3n) is 2.75. The van der Waals surface area contributed by atoms with Crippen molar-refractivity contribution in [3.8, 4) is 0 Å². The molecule has 98 valence electrons. The number of nitrogens with one attached hydrogen (secondary N) is 1. The molecule has 0 aliphatic rings. The summed E-state index contributed by atoms with van der Waals surface area (Å²) in [6.45, 7) is 1.21. The molecule has 0 saturated carbocycles. The number of rotatable bonds is 5. The van der Waals surface area contributed by atoms with Crippen molar-refractivity contribution in [2.24, 2.45) is 5.73 Å². The Morgan fingerprint density at radius 3 is 2.53 bits per heavy atom. The fourth-order valence-electron chi connectivity index (χ4n) is 1.72. The molecule has 5 heteroatoms. The molecule has 1 heterocycles. The minimum absolute atomic E-state index is 0.0200. The maximum Gasteiger partial charge on any atom is 0.250 e. The van der Waals surface area contributed by atoms with Crippen molar-refractivity contribution in [1.29, 1.82) is 0 Å². The van der Waals surface area contributed by atoms with E-state index in [1.54, 1.807) is 41.1 Å². The molecule has 1 amide bonds. The van der Waals surface area contributed by atoms with Gasteiger partial charge in [-0.05, 0) is 30.3 Å². The first kappa shape index (κ1) is 12.9. The SMILES string of the molecule is NC(=O)c1ccc(NCCn2ccccc2=O)cc1. The van der Waals surface area contributed by atoms with E-state index in [-0.39, 0.29) is 5.56 Å². The number of primary amides is 1. The van der Waals surface area contributed by atoms with Crippen LogP contribution in [0.3, 0.4) is 0 Å². The van der Waals surface area contributed by atoms with Crippen LogP contribution in [0.25, 0.3) is 0 Å². The van der Waals surface area contributed by atoms with Gasteiger partial charge in [0.05, 0.1) is 0 Å². The van der Waals surface area contributed by atoms with Gasteiger partial charge in [0.25, 0.3) is 5.56 Å². The number of aromatic nitrogens is 1. The molecule has 0 spiro atoms. The monoisotopic (exact) mass is 257 g/mol. The fourth-order valence-corrected chi connectivity index (χ4v) is 1.72. The lowest BCUT2D eigenvalue weighted by atomic mass is 10.2. The molecule has 1 aromatic heterocycles. The normalized spacial score (nSPS) is 10.1. The molecule has 19 heavy (non-hydrogen) atoms. The van der Waals surface area contributed by atoms with Gasteiger partial charge in [0.1, 0.15) is 0 Å². The Kier molecular flexibility index (Phi) is 3.97. The minimum Gasteiger partial charge on any atom is -0.383 e. The molecule has 0 saturated heterocycles. The number of carbonyl (C=O) groups excluding carboxylic acids is 1. The zero-order valence-corrected chi connectivity index (χ0v) is 10.4. The summed E-state index contributed by atoms with van der Waals surface area (Å²) in [6.07, 6.45) is 1.75. The number of anilines is 1. The molecule has 1 aromatic carbocycles. The first-order valence-electron chi connectivity index (χ1n) is 5.96. The van der Waals surface area contributed by atoms with Crippen LogP contribution < -0.4 is 16.6 Å². The number of hydrogen-bond acceptors (Lipinski definition) is 3. The number of benzene rings is 1. The molecule has 2 rings (SSSR count). The highest BCUT2D eigenvalue weighted by atomic mass is 16.1. The maximum atomic E-state index is 11.5. The van der Waals surface area contributed by atoms with Crippen LogP contribution in [0, 0.1) is 0 Å². The number of carbonyl (C=O) groups is 1. The second-order valence-corrected chi connectivity index (χ2v) is 4.10. The quantitative estimate of drug-likeness (QED) is 0.840.